The van der Waals surface area contributed by atoms with Crippen LogP contribution in [0, 0.1) is 0 Å². The second kappa shape index (κ2) is 3.25. The van der Waals surface area contributed by atoms with E-state index >= 15 is 0 Å². The Morgan fingerprint density at radius 1 is 1.00 bits per heavy atom. The van der Waals surface area contributed by atoms with Crippen LogP contribution in [0.3, 0.4) is 0 Å². The molecule has 2 heterocycles. The van der Waals surface area contributed by atoms with E-state index in [1.165, 1.54) is 38.9 Å². The normalized spacial score (nSPS) is 29.5. The van der Waals surface area contributed by atoms with Gasteiger partial charge >= 0.3 is 0 Å². The maximum absolute atomic E-state index is 2.71. The molecule has 2 fully saturated rings. The predicted octanol–water partition coefficient (Wildman–Crippen LogP) is 1.56. The van der Waals surface area contributed by atoms with Crippen LogP contribution in [0.25, 0.3) is 0 Å². The fourth-order valence-electron chi connectivity index (χ4n) is 2.94. The van der Waals surface area contributed by atoms with Gasteiger partial charge in [0.15, 0.2) is 0 Å². The van der Waals surface area contributed by atoms with E-state index in [-0.39, 0.29) is 0 Å². The quantitative estimate of drug-likeness (QED) is 0.607. The molecule has 2 heteroatoms. The number of hydrogen-bond acceptors (Lipinski definition) is 2. The highest BCUT2D eigenvalue weighted by molar-refractivity contribution is 5.03. The zero-order valence-corrected chi connectivity index (χ0v) is 9.21. The van der Waals surface area contributed by atoms with Gasteiger partial charge in [-0.15, -0.1) is 0 Å². The van der Waals surface area contributed by atoms with Crippen molar-refractivity contribution in [2.45, 2.75) is 44.7 Å². The lowest BCUT2D eigenvalue weighted by atomic mass is 9.75. The van der Waals surface area contributed by atoms with Crippen molar-refractivity contribution in [1.29, 1.82) is 0 Å². The number of hydrogen-bond donors (Lipinski definition) is 0. The third-order valence-corrected chi connectivity index (χ3v) is 3.97. The maximum Gasteiger partial charge on any atom is 0.0248 e. The summed E-state index contributed by atoms with van der Waals surface area (Å²) in [5.74, 6) is 0. The minimum absolute atomic E-state index is 0.612. The maximum atomic E-state index is 2.71. The van der Waals surface area contributed by atoms with Gasteiger partial charge in [-0.1, -0.05) is 0 Å². The first-order chi connectivity index (χ1) is 6.14. The Bertz CT molecular complexity index is 181. The number of likely N-dealkylation sites (tertiary alicyclic amines) is 2. The summed E-state index contributed by atoms with van der Waals surface area (Å²) in [6.45, 7) is 8.59. The van der Waals surface area contributed by atoms with Crippen LogP contribution in [-0.2, 0) is 0 Å². The third kappa shape index (κ3) is 1.50. The van der Waals surface area contributed by atoms with Crippen molar-refractivity contribution in [3.63, 3.8) is 0 Å². The molecule has 0 unspecified atom stereocenters. The Labute approximate surface area is 81.9 Å². The lowest BCUT2D eigenvalue weighted by molar-refractivity contribution is -0.0750. The monoisotopic (exact) mass is 182 g/mol. The molecule has 0 aromatic rings. The zero-order valence-electron chi connectivity index (χ0n) is 9.21. The molecule has 0 aromatic carbocycles. The van der Waals surface area contributed by atoms with Crippen LogP contribution in [0.1, 0.15) is 33.1 Å². The molecule has 0 radical (unpaired) electrons. The summed E-state index contributed by atoms with van der Waals surface area (Å²) in [5.41, 5.74) is 0.612. The average Bonchev–Trinajstić information content (AvgIpc) is 2.03. The number of piperidine rings is 1. The van der Waals surface area contributed by atoms with Gasteiger partial charge in [-0.05, 0) is 53.2 Å². The van der Waals surface area contributed by atoms with Gasteiger partial charge in [0.05, 0.1) is 0 Å². The van der Waals surface area contributed by atoms with E-state index in [2.05, 4.69) is 30.7 Å². The summed E-state index contributed by atoms with van der Waals surface area (Å²) in [4.78, 5) is 5.17. The van der Waals surface area contributed by atoms with Gasteiger partial charge in [-0.3, -0.25) is 4.90 Å². The molecule has 2 saturated heterocycles. The molecule has 0 amide bonds. The van der Waals surface area contributed by atoms with Gasteiger partial charge in [0.25, 0.3) is 0 Å². The Kier molecular flexibility index (Phi) is 2.37. The Balaban J connectivity index is 1.98. The highest BCUT2D eigenvalue weighted by Crippen LogP contribution is 2.40. The first kappa shape index (κ1) is 9.47. The number of nitrogens with zero attached hydrogens (tertiary/aromatic N) is 2. The summed E-state index contributed by atoms with van der Waals surface area (Å²) in [6, 6.07) is 0.747. The molecular formula is C11H22N2. The van der Waals surface area contributed by atoms with Gasteiger partial charge in [0.2, 0.25) is 0 Å². The lowest BCUT2D eigenvalue weighted by Gasteiger charge is -2.58. The molecule has 0 bridgehead atoms. The van der Waals surface area contributed by atoms with Gasteiger partial charge in [-0.25, -0.2) is 0 Å². The molecular weight excluding hydrogens is 160 g/mol. The first-order valence-corrected chi connectivity index (χ1v) is 5.59. The molecule has 0 atom stereocenters. The van der Waals surface area contributed by atoms with Crippen LogP contribution in [0.15, 0.2) is 0 Å². The summed E-state index contributed by atoms with van der Waals surface area (Å²) in [5, 5.41) is 0. The van der Waals surface area contributed by atoms with Crippen LogP contribution in [0.4, 0.5) is 0 Å². The predicted molar refractivity (Wildman–Crippen MR) is 55.9 cm³/mol. The molecule has 0 saturated carbocycles. The van der Waals surface area contributed by atoms with E-state index in [1.54, 1.807) is 0 Å². The fourth-order valence-corrected chi connectivity index (χ4v) is 2.94. The van der Waals surface area contributed by atoms with Crippen molar-refractivity contribution < 1.29 is 0 Å². The first-order valence-electron chi connectivity index (χ1n) is 5.59. The zero-order chi connectivity index (χ0) is 9.47. The Hall–Kier alpha value is -0.0800. The van der Waals surface area contributed by atoms with E-state index in [4.69, 9.17) is 0 Å². The number of rotatable bonds is 1. The minimum atomic E-state index is 0.612. The highest BCUT2D eigenvalue weighted by Gasteiger charge is 2.46. The van der Waals surface area contributed by atoms with E-state index in [1.807, 2.05) is 0 Å². The highest BCUT2D eigenvalue weighted by atomic mass is 15.3. The molecule has 0 N–H and O–H groups in total. The van der Waals surface area contributed by atoms with Crippen molar-refractivity contribution in [2.24, 2.45) is 0 Å². The summed E-state index contributed by atoms with van der Waals surface area (Å²) < 4.78 is 0. The van der Waals surface area contributed by atoms with Crippen LogP contribution < -0.4 is 0 Å². The second-order valence-electron chi connectivity index (χ2n) is 5.06. The molecule has 1 spiro atoms. The SMILES string of the molecule is CC(C)N1CCC12CCN(C)CC2. The van der Waals surface area contributed by atoms with Gasteiger partial charge in [0, 0.05) is 18.1 Å². The fraction of sp³-hybridized carbons (Fsp3) is 1.00. The van der Waals surface area contributed by atoms with Crippen LogP contribution in [0.5, 0.6) is 0 Å². The Morgan fingerprint density at radius 3 is 1.92 bits per heavy atom. The van der Waals surface area contributed by atoms with Crippen LogP contribution in [-0.4, -0.2) is 48.1 Å². The standard InChI is InChI=1S/C11H22N2/c1-10(2)13-9-6-11(13)4-7-12(3)8-5-11/h10H,4-9H2,1-3H3. The molecule has 2 rings (SSSR count). The van der Waals surface area contributed by atoms with Crippen molar-refractivity contribution in [1.82, 2.24) is 9.80 Å². The molecule has 2 aliphatic heterocycles. The molecule has 2 nitrogen and oxygen atoms in total. The third-order valence-electron chi connectivity index (χ3n) is 3.97. The van der Waals surface area contributed by atoms with Gasteiger partial charge in [-0.2, -0.15) is 0 Å². The second-order valence-corrected chi connectivity index (χ2v) is 5.06. The van der Waals surface area contributed by atoms with Crippen molar-refractivity contribution >= 4 is 0 Å². The molecule has 2 aliphatic rings. The molecule has 13 heavy (non-hydrogen) atoms. The van der Waals surface area contributed by atoms with Gasteiger partial charge in [0.1, 0.15) is 0 Å². The summed E-state index contributed by atoms with van der Waals surface area (Å²) >= 11 is 0. The average molecular weight is 182 g/mol. The lowest BCUT2D eigenvalue weighted by Crippen LogP contribution is -2.65. The summed E-state index contributed by atoms with van der Waals surface area (Å²) in [7, 11) is 2.24. The van der Waals surface area contributed by atoms with E-state index in [0.717, 1.165) is 6.04 Å². The van der Waals surface area contributed by atoms with Crippen molar-refractivity contribution in [3.05, 3.63) is 0 Å². The summed E-state index contributed by atoms with van der Waals surface area (Å²) in [6.07, 6.45) is 4.22. The van der Waals surface area contributed by atoms with Crippen molar-refractivity contribution in [2.75, 3.05) is 26.7 Å². The molecule has 76 valence electrons. The largest absolute Gasteiger partial charge is 0.306 e. The Morgan fingerprint density at radius 2 is 1.54 bits per heavy atom. The van der Waals surface area contributed by atoms with Crippen LogP contribution >= 0.6 is 0 Å². The van der Waals surface area contributed by atoms with E-state index in [0.29, 0.717) is 5.54 Å². The minimum Gasteiger partial charge on any atom is -0.306 e. The topological polar surface area (TPSA) is 6.48 Å². The molecule has 0 aliphatic carbocycles. The molecule has 0 aromatic heterocycles. The van der Waals surface area contributed by atoms with E-state index in [9.17, 15) is 0 Å². The van der Waals surface area contributed by atoms with Gasteiger partial charge < -0.3 is 4.90 Å². The smallest absolute Gasteiger partial charge is 0.0248 e. The van der Waals surface area contributed by atoms with Crippen molar-refractivity contribution in [3.8, 4) is 0 Å². The van der Waals surface area contributed by atoms with Crippen LogP contribution in [0.2, 0.25) is 0 Å². The van der Waals surface area contributed by atoms with E-state index < -0.39 is 0 Å².